The summed E-state index contributed by atoms with van der Waals surface area (Å²) in [6.45, 7) is 6.32. The average molecular weight is 551 g/mol. The highest BCUT2D eigenvalue weighted by Gasteiger charge is 2.38. The minimum absolute atomic E-state index is 0.0409. The minimum atomic E-state index is -0.307. The van der Waals surface area contributed by atoms with E-state index in [4.69, 9.17) is 14.5 Å². The van der Waals surface area contributed by atoms with Gasteiger partial charge in [-0.2, -0.15) is 0 Å². The van der Waals surface area contributed by atoms with Crippen LogP contribution in [0.3, 0.4) is 0 Å². The van der Waals surface area contributed by atoms with E-state index in [2.05, 4.69) is 33.5 Å². The van der Waals surface area contributed by atoms with E-state index in [-0.39, 0.29) is 11.5 Å². The molecule has 0 bridgehead atoms. The first kappa shape index (κ1) is 28.3. The van der Waals surface area contributed by atoms with Crippen molar-refractivity contribution >= 4 is 22.7 Å². The number of hydrogen-bond acceptors (Lipinski definition) is 8. The first-order valence-corrected chi connectivity index (χ1v) is 15.3. The Kier molecular flexibility index (Phi) is 10.1. The molecule has 0 amide bonds. The van der Waals surface area contributed by atoms with Gasteiger partial charge in [0.25, 0.3) is 0 Å². The number of rotatable bonds is 12. The summed E-state index contributed by atoms with van der Waals surface area (Å²) in [6, 6.07) is 12.2. The number of nitrogens with one attached hydrogen (secondary N) is 1. The molecule has 7 nitrogen and oxygen atoms in total. The number of aromatic nitrogens is 2. The molecular formula is C31H42N4O3S. The molecule has 0 spiro atoms. The molecule has 2 aromatic heterocycles. The molecular weight excluding hydrogens is 508 g/mol. The third-order valence-electron chi connectivity index (χ3n) is 8.46. The highest BCUT2D eigenvalue weighted by atomic mass is 32.2. The van der Waals surface area contributed by atoms with Crippen molar-refractivity contribution in [3.63, 3.8) is 0 Å². The maximum atomic E-state index is 11.5. The zero-order valence-electron chi connectivity index (χ0n) is 23.1. The molecule has 5 rings (SSSR count). The average Bonchev–Trinajstić information content (AvgIpc) is 2.99. The smallest absolute Gasteiger partial charge is 0.119 e. The van der Waals surface area contributed by atoms with E-state index in [0.29, 0.717) is 0 Å². The van der Waals surface area contributed by atoms with Gasteiger partial charge in [0.1, 0.15) is 5.75 Å². The second-order valence-corrected chi connectivity index (χ2v) is 11.9. The molecule has 2 saturated heterocycles. The third kappa shape index (κ3) is 7.30. The Morgan fingerprint density at radius 3 is 2.77 bits per heavy atom. The highest BCUT2D eigenvalue weighted by molar-refractivity contribution is 7.99. The predicted molar refractivity (Wildman–Crippen MR) is 157 cm³/mol. The number of nitrogens with zero attached hydrogens (tertiary/aromatic N) is 3. The van der Waals surface area contributed by atoms with Crippen molar-refractivity contribution in [3.8, 4) is 5.75 Å². The maximum absolute atomic E-state index is 11.5. The molecule has 2 aliphatic heterocycles. The molecule has 2 fully saturated rings. The van der Waals surface area contributed by atoms with Crippen LogP contribution in [0.2, 0.25) is 0 Å². The molecule has 3 aromatic rings. The van der Waals surface area contributed by atoms with Crippen LogP contribution in [0.15, 0.2) is 53.8 Å². The summed E-state index contributed by atoms with van der Waals surface area (Å²) in [5, 5.41) is 17.2. The van der Waals surface area contributed by atoms with Gasteiger partial charge >= 0.3 is 0 Å². The number of thioether (sulfide) groups is 1. The quantitative estimate of drug-likeness (QED) is 0.314. The molecule has 2 aliphatic rings. The van der Waals surface area contributed by atoms with Gasteiger partial charge in [-0.3, -0.25) is 9.88 Å². The Balaban J connectivity index is 1.30. The number of fused-ring (bicyclic) bond motifs is 1. The Hall–Kier alpha value is -2.23. The Bertz CT molecular complexity index is 1180. The van der Waals surface area contributed by atoms with E-state index >= 15 is 0 Å². The number of morpholine rings is 1. The van der Waals surface area contributed by atoms with E-state index in [1.165, 1.54) is 16.5 Å². The number of piperidine rings is 1. The summed E-state index contributed by atoms with van der Waals surface area (Å²) in [4.78, 5) is 11.7. The second kappa shape index (κ2) is 13.9. The van der Waals surface area contributed by atoms with Gasteiger partial charge in [-0.05, 0) is 98.5 Å². The standard InChI is InChI=1S/C31H42N4O3S/c1-37-25-7-8-28-27(21-25)26(24(22-34-28)23-35-16-18-38-19-17-35)5-4-10-31(11-14-32-15-12-31)29(36)9-20-39-30-6-2-3-13-33-30/h2-3,6-8,13,21-22,29,32,36H,4-5,9-12,14-20,23H2,1H3. The van der Waals surface area contributed by atoms with Gasteiger partial charge in [0.05, 0.1) is 37.0 Å². The monoisotopic (exact) mass is 550 g/mol. The van der Waals surface area contributed by atoms with Crippen molar-refractivity contribution in [2.75, 3.05) is 52.3 Å². The number of pyridine rings is 2. The van der Waals surface area contributed by atoms with Crippen LogP contribution in [0.5, 0.6) is 5.75 Å². The first-order chi connectivity index (χ1) is 19.2. The Labute approximate surface area is 236 Å². The fraction of sp³-hybridized carbons (Fsp3) is 0.548. The largest absolute Gasteiger partial charge is 0.497 e. The predicted octanol–water partition coefficient (Wildman–Crippen LogP) is 4.71. The number of ether oxygens (including phenoxy) is 2. The zero-order chi connectivity index (χ0) is 26.9. The number of aliphatic hydroxyl groups excluding tert-OH is 1. The first-order valence-electron chi connectivity index (χ1n) is 14.3. The van der Waals surface area contributed by atoms with Crippen LogP contribution < -0.4 is 10.1 Å². The van der Waals surface area contributed by atoms with E-state index in [9.17, 15) is 5.11 Å². The SMILES string of the molecule is COc1ccc2ncc(CN3CCOCC3)c(CCCC3(C(O)CCSc4ccccn4)CCNCC3)c2c1. The highest BCUT2D eigenvalue weighted by Crippen LogP contribution is 2.40. The third-order valence-corrected chi connectivity index (χ3v) is 9.44. The molecule has 4 heterocycles. The lowest BCUT2D eigenvalue weighted by molar-refractivity contribution is -0.00830. The van der Waals surface area contributed by atoms with E-state index in [1.807, 2.05) is 30.5 Å². The topological polar surface area (TPSA) is 79.7 Å². The van der Waals surface area contributed by atoms with Crippen LogP contribution >= 0.6 is 11.8 Å². The lowest BCUT2D eigenvalue weighted by atomic mass is 9.69. The zero-order valence-corrected chi connectivity index (χ0v) is 23.9. The lowest BCUT2D eigenvalue weighted by Crippen LogP contribution is -2.44. The fourth-order valence-electron chi connectivity index (χ4n) is 6.13. The van der Waals surface area contributed by atoms with Gasteiger partial charge in [0.2, 0.25) is 0 Å². The van der Waals surface area contributed by atoms with Crippen LogP contribution in [-0.2, 0) is 17.7 Å². The van der Waals surface area contributed by atoms with Crippen molar-refractivity contribution in [1.29, 1.82) is 0 Å². The van der Waals surface area contributed by atoms with Gasteiger partial charge in [-0.15, -0.1) is 11.8 Å². The number of benzene rings is 1. The van der Waals surface area contributed by atoms with E-state index < -0.39 is 0 Å². The van der Waals surface area contributed by atoms with Gasteiger partial charge in [-0.25, -0.2) is 4.98 Å². The molecule has 8 heteroatoms. The maximum Gasteiger partial charge on any atom is 0.119 e. The lowest BCUT2D eigenvalue weighted by Gasteiger charge is -2.42. The molecule has 0 radical (unpaired) electrons. The summed E-state index contributed by atoms with van der Waals surface area (Å²) in [6.07, 6.45) is 9.46. The van der Waals surface area contributed by atoms with Crippen LogP contribution in [0.4, 0.5) is 0 Å². The molecule has 1 unspecified atom stereocenters. The molecule has 0 aliphatic carbocycles. The van der Waals surface area contributed by atoms with Crippen molar-refractivity contribution < 1.29 is 14.6 Å². The second-order valence-electron chi connectivity index (χ2n) is 10.8. The molecule has 210 valence electrons. The fourth-order valence-corrected chi connectivity index (χ4v) is 6.99. The Morgan fingerprint density at radius 2 is 2.00 bits per heavy atom. The number of aryl methyl sites for hydroxylation is 1. The summed E-state index contributed by atoms with van der Waals surface area (Å²) in [5.74, 6) is 1.75. The van der Waals surface area contributed by atoms with E-state index in [0.717, 1.165) is 107 Å². The summed E-state index contributed by atoms with van der Waals surface area (Å²) >= 11 is 1.74. The Morgan fingerprint density at radius 1 is 1.15 bits per heavy atom. The summed E-state index contributed by atoms with van der Waals surface area (Å²) < 4.78 is 11.2. The van der Waals surface area contributed by atoms with E-state index in [1.54, 1.807) is 18.9 Å². The van der Waals surface area contributed by atoms with Crippen molar-refractivity contribution in [2.24, 2.45) is 5.41 Å². The van der Waals surface area contributed by atoms with Gasteiger partial charge in [0, 0.05) is 43.2 Å². The molecule has 39 heavy (non-hydrogen) atoms. The van der Waals surface area contributed by atoms with Crippen LogP contribution in [-0.4, -0.2) is 78.3 Å². The molecule has 0 saturated carbocycles. The van der Waals surface area contributed by atoms with Crippen LogP contribution in [0, 0.1) is 5.41 Å². The van der Waals surface area contributed by atoms with Crippen molar-refractivity contribution in [2.45, 2.75) is 56.2 Å². The molecule has 2 N–H and O–H groups in total. The van der Waals surface area contributed by atoms with Crippen LogP contribution in [0.1, 0.15) is 43.2 Å². The minimum Gasteiger partial charge on any atom is -0.497 e. The molecule has 1 atom stereocenters. The number of aliphatic hydroxyl groups is 1. The number of methoxy groups -OCH3 is 1. The number of hydrogen-bond donors (Lipinski definition) is 2. The van der Waals surface area contributed by atoms with Gasteiger partial charge in [0.15, 0.2) is 0 Å². The summed E-state index contributed by atoms with van der Waals surface area (Å²) in [7, 11) is 1.72. The van der Waals surface area contributed by atoms with Gasteiger partial charge in [-0.1, -0.05) is 6.07 Å². The summed E-state index contributed by atoms with van der Waals surface area (Å²) in [5.41, 5.74) is 3.64. The normalized spacial score (nSPS) is 18.7. The van der Waals surface area contributed by atoms with Gasteiger partial charge < -0.3 is 19.9 Å². The van der Waals surface area contributed by atoms with Crippen LogP contribution in [0.25, 0.3) is 10.9 Å². The van der Waals surface area contributed by atoms with Crippen molar-refractivity contribution in [1.82, 2.24) is 20.2 Å². The van der Waals surface area contributed by atoms with Crippen molar-refractivity contribution in [3.05, 3.63) is 59.9 Å². The molecule has 1 aromatic carbocycles.